The van der Waals surface area contributed by atoms with Crippen LogP contribution in [0.2, 0.25) is 0 Å². The Balaban J connectivity index is 1.64. The Bertz CT molecular complexity index is 794. The van der Waals surface area contributed by atoms with Gasteiger partial charge in [0.15, 0.2) is 0 Å². The van der Waals surface area contributed by atoms with Gasteiger partial charge in [-0.1, -0.05) is 19.1 Å². The molecule has 0 aliphatic carbocycles. The van der Waals surface area contributed by atoms with Crippen molar-refractivity contribution in [3.05, 3.63) is 35.6 Å². The van der Waals surface area contributed by atoms with Crippen molar-refractivity contribution in [2.24, 2.45) is 5.10 Å². The molecule has 1 atom stereocenters. The summed E-state index contributed by atoms with van der Waals surface area (Å²) in [6, 6.07) is 5.82. The molecule has 8 heteroatoms. The van der Waals surface area contributed by atoms with Gasteiger partial charge in [-0.05, 0) is 37.0 Å². The van der Waals surface area contributed by atoms with Crippen molar-refractivity contribution < 1.29 is 18.8 Å². The summed E-state index contributed by atoms with van der Waals surface area (Å²) in [6.07, 6.45) is 3.46. The van der Waals surface area contributed by atoms with Crippen LogP contribution in [0.3, 0.4) is 0 Å². The molecule has 1 aromatic carbocycles. The molecule has 3 rings (SSSR count). The van der Waals surface area contributed by atoms with Crippen molar-refractivity contribution in [3.8, 4) is 0 Å². The number of halogens is 1. The van der Waals surface area contributed by atoms with Crippen molar-refractivity contribution in [2.75, 3.05) is 13.1 Å². The average molecular weight is 402 g/mol. The minimum Gasteiger partial charge on any atom is -0.352 e. The molecule has 156 valence electrons. The maximum Gasteiger partial charge on any atom is 0.270 e. The third kappa shape index (κ3) is 5.62. The van der Waals surface area contributed by atoms with Crippen LogP contribution in [0.5, 0.6) is 0 Å². The van der Waals surface area contributed by atoms with Gasteiger partial charge in [0.05, 0.1) is 6.54 Å². The van der Waals surface area contributed by atoms with Crippen LogP contribution >= 0.6 is 0 Å². The van der Waals surface area contributed by atoms with Gasteiger partial charge in [0.1, 0.15) is 11.5 Å². The molecule has 7 nitrogen and oxygen atoms in total. The summed E-state index contributed by atoms with van der Waals surface area (Å²) >= 11 is 0. The summed E-state index contributed by atoms with van der Waals surface area (Å²) in [5.74, 6) is -0.674. The molecule has 1 aromatic rings. The third-order valence-electron chi connectivity index (χ3n) is 5.15. The quantitative estimate of drug-likeness (QED) is 0.792. The van der Waals surface area contributed by atoms with Crippen molar-refractivity contribution in [1.82, 2.24) is 15.2 Å². The first-order chi connectivity index (χ1) is 14.0. The van der Waals surface area contributed by atoms with E-state index in [1.165, 1.54) is 17.1 Å². The molecule has 1 saturated heterocycles. The van der Waals surface area contributed by atoms with Crippen LogP contribution < -0.4 is 5.32 Å². The summed E-state index contributed by atoms with van der Waals surface area (Å²) < 4.78 is 13.1. The molecule has 3 amide bonds. The smallest absolute Gasteiger partial charge is 0.270 e. The van der Waals surface area contributed by atoms with Crippen LogP contribution in [0.15, 0.2) is 29.4 Å². The zero-order valence-electron chi connectivity index (χ0n) is 16.7. The number of piperidine rings is 1. The molecule has 0 bridgehead atoms. The van der Waals surface area contributed by atoms with E-state index in [1.807, 2.05) is 6.92 Å². The molecule has 2 heterocycles. The van der Waals surface area contributed by atoms with E-state index in [-0.39, 0.29) is 42.5 Å². The average Bonchev–Trinajstić information content (AvgIpc) is 2.71. The lowest BCUT2D eigenvalue weighted by Gasteiger charge is -2.34. The van der Waals surface area contributed by atoms with E-state index in [2.05, 4.69) is 10.4 Å². The largest absolute Gasteiger partial charge is 0.352 e. The minimum absolute atomic E-state index is 0.0119. The first-order valence-corrected chi connectivity index (χ1v) is 10.2. The van der Waals surface area contributed by atoms with E-state index in [4.69, 9.17) is 0 Å². The van der Waals surface area contributed by atoms with Crippen LogP contribution in [0.25, 0.3) is 0 Å². The molecule has 2 aliphatic heterocycles. The summed E-state index contributed by atoms with van der Waals surface area (Å²) in [7, 11) is 0. The number of carbonyl (C=O) groups is 3. The SMILES string of the molecule is CCCC(=O)NC1CCCN(C(=O)C2=NN(Cc3ccc(F)cc3)C(=O)CC2)C1. The molecule has 2 aliphatic rings. The molecule has 1 N–H and O–H groups in total. The number of rotatable bonds is 6. The fraction of sp³-hybridized carbons (Fsp3) is 0.524. The predicted molar refractivity (Wildman–Crippen MR) is 106 cm³/mol. The number of benzene rings is 1. The fourth-order valence-electron chi connectivity index (χ4n) is 3.63. The Labute approximate surface area is 169 Å². The van der Waals surface area contributed by atoms with Gasteiger partial charge in [0.25, 0.3) is 5.91 Å². The minimum atomic E-state index is -0.344. The zero-order valence-corrected chi connectivity index (χ0v) is 16.7. The van der Waals surface area contributed by atoms with E-state index in [0.717, 1.165) is 24.8 Å². The van der Waals surface area contributed by atoms with Crippen molar-refractivity contribution >= 4 is 23.4 Å². The van der Waals surface area contributed by atoms with Gasteiger partial charge in [-0.2, -0.15) is 5.10 Å². The highest BCUT2D eigenvalue weighted by molar-refractivity contribution is 6.39. The molecule has 0 radical (unpaired) electrons. The number of hydrogen-bond acceptors (Lipinski definition) is 4. The topological polar surface area (TPSA) is 82.1 Å². The first kappa shape index (κ1) is 21.0. The molecule has 0 spiro atoms. The summed E-state index contributed by atoms with van der Waals surface area (Å²) in [6.45, 7) is 3.23. The summed E-state index contributed by atoms with van der Waals surface area (Å²) in [5.41, 5.74) is 1.10. The zero-order chi connectivity index (χ0) is 20.8. The van der Waals surface area contributed by atoms with Gasteiger partial charge in [-0.25, -0.2) is 9.40 Å². The van der Waals surface area contributed by atoms with Crippen LogP contribution in [0.4, 0.5) is 4.39 Å². The number of nitrogens with one attached hydrogen (secondary N) is 1. The Hall–Kier alpha value is -2.77. The van der Waals surface area contributed by atoms with Crippen LogP contribution in [0.1, 0.15) is 51.0 Å². The lowest BCUT2D eigenvalue weighted by molar-refractivity contribution is -0.133. The Morgan fingerprint density at radius 1 is 1.24 bits per heavy atom. The highest BCUT2D eigenvalue weighted by Crippen LogP contribution is 2.17. The predicted octanol–water partition coefficient (Wildman–Crippen LogP) is 2.21. The standard InChI is InChI=1S/C21H27FN4O3/c1-2-4-19(27)23-17-5-3-12-25(14-17)21(29)18-10-11-20(28)26(24-18)13-15-6-8-16(22)9-7-15/h6-9,17H,2-5,10-14H2,1H3,(H,23,27). The van der Waals surface area contributed by atoms with Gasteiger partial charge in [0.2, 0.25) is 11.8 Å². The second-order valence-corrected chi connectivity index (χ2v) is 7.53. The number of carbonyl (C=O) groups excluding carboxylic acids is 3. The molecule has 1 unspecified atom stereocenters. The molecular formula is C21H27FN4O3. The Morgan fingerprint density at radius 2 is 2.00 bits per heavy atom. The highest BCUT2D eigenvalue weighted by atomic mass is 19.1. The van der Waals surface area contributed by atoms with E-state index in [1.54, 1.807) is 17.0 Å². The summed E-state index contributed by atoms with van der Waals surface area (Å²) in [4.78, 5) is 38.7. The van der Waals surface area contributed by atoms with Gasteiger partial charge < -0.3 is 10.2 Å². The van der Waals surface area contributed by atoms with Crippen LogP contribution in [-0.2, 0) is 20.9 Å². The van der Waals surface area contributed by atoms with Gasteiger partial charge >= 0.3 is 0 Å². The molecule has 0 aromatic heterocycles. The second-order valence-electron chi connectivity index (χ2n) is 7.53. The fourth-order valence-corrected chi connectivity index (χ4v) is 3.63. The first-order valence-electron chi connectivity index (χ1n) is 10.2. The van der Waals surface area contributed by atoms with E-state index in [9.17, 15) is 18.8 Å². The number of hydrogen-bond donors (Lipinski definition) is 1. The normalized spacial score (nSPS) is 19.7. The van der Waals surface area contributed by atoms with Gasteiger partial charge in [-0.3, -0.25) is 14.4 Å². The van der Waals surface area contributed by atoms with E-state index < -0.39 is 0 Å². The summed E-state index contributed by atoms with van der Waals surface area (Å²) in [5, 5.41) is 8.58. The molecule has 29 heavy (non-hydrogen) atoms. The maximum atomic E-state index is 13.1. The number of amides is 3. The van der Waals surface area contributed by atoms with Crippen molar-refractivity contribution in [2.45, 2.75) is 58.0 Å². The Morgan fingerprint density at radius 3 is 2.72 bits per heavy atom. The van der Waals surface area contributed by atoms with Crippen LogP contribution in [0, 0.1) is 5.82 Å². The molecule has 1 fully saturated rings. The number of nitrogens with zero attached hydrogens (tertiary/aromatic N) is 3. The highest BCUT2D eigenvalue weighted by Gasteiger charge is 2.30. The monoisotopic (exact) mass is 402 g/mol. The van der Waals surface area contributed by atoms with Crippen molar-refractivity contribution in [1.29, 1.82) is 0 Å². The van der Waals surface area contributed by atoms with Crippen molar-refractivity contribution in [3.63, 3.8) is 0 Å². The van der Waals surface area contributed by atoms with Gasteiger partial charge in [0, 0.05) is 38.4 Å². The lowest BCUT2D eigenvalue weighted by atomic mass is 10.0. The lowest BCUT2D eigenvalue weighted by Crippen LogP contribution is -2.51. The maximum absolute atomic E-state index is 13.1. The Kier molecular flexibility index (Phi) is 6.95. The van der Waals surface area contributed by atoms with E-state index in [0.29, 0.717) is 31.6 Å². The van der Waals surface area contributed by atoms with Crippen LogP contribution in [-0.4, -0.2) is 52.5 Å². The number of likely N-dealkylation sites (tertiary alicyclic amines) is 1. The van der Waals surface area contributed by atoms with E-state index >= 15 is 0 Å². The second kappa shape index (κ2) is 9.62. The molecule has 0 saturated carbocycles. The third-order valence-corrected chi connectivity index (χ3v) is 5.15. The van der Waals surface area contributed by atoms with Gasteiger partial charge in [-0.15, -0.1) is 0 Å². The number of hydrazone groups is 1. The molecular weight excluding hydrogens is 375 g/mol.